The summed E-state index contributed by atoms with van der Waals surface area (Å²) in [6, 6.07) is 0.224. The van der Waals surface area contributed by atoms with Gasteiger partial charge in [-0.3, -0.25) is 4.79 Å². The van der Waals surface area contributed by atoms with Crippen LogP contribution < -0.4 is 4.90 Å². The van der Waals surface area contributed by atoms with Crippen LogP contribution in [0.1, 0.15) is 50.3 Å². The Bertz CT molecular complexity index is 532. The van der Waals surface area contributed by atoms with E-state index in [2.05, 4.69) is 21.8 Å². The first kappa shape index (κ1) is 14.3. The number of aliphatic carboxylic acids is 1. The Balaban J connectivity index is 1.86. The van der Waals surface area contributed by atoms with Crippen molar-refractivity contribution in [2.24, 2.45) is 5.92 Å². The molecule has 0 bridgehead atoms. The molecule has 2 unspecified atom stereocenters. The van der Waals surface area contributed by atoms with Gasteiger partial charge in [0.05, 0.1) is 5.92 Å². The van der Waals surface area contributed by atoms with E-state index in [1.807, 2.05) is 0 Å². The van der Waals surface area contributed by atoms with Crippen LogP contribution in [0, 0.1) is 5.92 Å². The number of carbonyl (C=O) groups is 1. The lowest BCUT2D eigenvalue weighted by molar-refractivity contribution is -0.142. The lowest BCUT2D eigenvalue weighted by Crippen LogP contribution is -2.43. The van der Waals surface area contributed by atoms with Crippen molar-refractivity contribution in [2.75, 3.05) is 11.4 Å². The second kappa shape index (κ2) is 6.00. The third kappa shape index (κ3) is 2.87. The zero-order chi connectivity index (χ0) is 14.8. The molecule has 2 aliphatic rings. The molecule has 0 saturated carbocycles. The Morgan fingerprint density at radius 1 is 1.29 bits per heavy atom. The lowest BCUT2D eigenvalue weighted by Gasteiger charge is -2.38. The minimum atomic E-state index is -0.664. The smallest absolute Gasteiger partial charge is 0.306 e. The van der Waals surface area contributed by atoms with Gasteiger partial charge in [0.1, 0.15) is 12.1 Å². The van der Waals surface area contributed by atoms with Crippen LogP contribution in [0.3, 0.4) is 0 Å². The van der Waals surface area contributed by atoms with E-state index in [4.69, 9.17) is 0 Å². The number of aryl methyl sites for hydroxylation is 1. The zero-order valence-corrected chi connectivity index (χ0v) is 12.6. The van der Waals surface area contributed by atoms with Crippen LogP contribution in [0.15, 0.2) is 6.33 Å². The van der Waals surface area contributed by atoms with Crippen molar-refractivity contribution in [3.63, 3.8) is 0 Å². The molecule has 2 heterocycles. The summed E-state index contributed by atoms with van der Waals surface area (Å²) in [4.78, 5) is 22.5. The van der Waals surface area contributed by atoms with E-state index in [9.17, 15) is 9.90 Å². The first-order valence-electron chi connectivity index (χ1n) is 7.99. The fraction of sp³-hybridized carbons (Fsp3) is 0.688. The molecule has 21 heavy (non-hydrogen) atoms. The normalized spacial score (nSPS) is 26.0. The van der Waals surface area contributed by atoms with Crippen molar-refractivity contribution in [2.45, 2.75) is 57.9 Å². The van der Waals surface area contributed by atoms with Crippen molar-refractivity contribution >= 4 is 11.8 Å². The number of aromatic nitrogens is 2. The molecule has 0 aromatic carbocycles. The largest absolute Gasteiger partial charge is 0.481 e. The molecule has 0 spiro atoms. The molecular weight excluding hydrogens is 266 g/mol. The summed E-state index contributed by atoms with van der Waals surface area (Å²) < 4.78 is 0. The lowest BCUT2D eigenvalue weighted by atomic mass is 9.91. The molecule has 1 fully saturated rings. The summed E-state index contributed by atoms with van der Waals surface area (Å²) in [6.45, 7) is 2.89. The summed E-state index contributed by atoms with van der Waals surface area (Å²) in [6.07, 6.45) is 8.85. The number of fused-ring (bicyclic) bond motifs is 1. The van der Waals surface area contributed by atoms with E-state index in [0.717, 1.165) is 25.2 Å². The molecule has 2 atom stereocenters. The van der Waals surface area contributed by atoms with Crippen LogP contribution in [0.4, 0.5) is 5.82 Å². The third-order valence-electron chi connectivity index (χ3n) is 4.85. The Kier molecular flexibility index (Phi) is 4.08. The summed E-state index contributed by atoms with van der Waals surface area (Å²) in [5.41, 5.74) is 2.50. The molecule has 1 aromatic heterocycles. The van der Waals surface area contributed by atoms with Crippen LogP contribution in [0.25, 0.3) is 0 Å². The second-order valence-corrected chi connectivity index (χ2v) is 6.29. The van der Waals surface area contributed by atoms with E-state index >= 15 is 0 Å². The molecule has 114 valence electrons. The van der Waals surface area contributed by atoms with E-state index in [-0.39, 0.29) is 12.0 Å². The number of anilines is 1. The minimum Gasteiger partial charge on any atom is -0.481 e. The van der Waals surface area contributed by atoms with E-state index in [1.165, 1.54) is 30.5 Å². The fourth-order valence-electron chi connectivity index (χ4n) is 3.64. The van der Waals surface area contributed by atoms with Gasteiger partial charge in [-0.2, -0.15) is 0 Å². The Labute approximate surface area is 125 Å². The summed E-state index contributed by atoms with van der Waals surface area (Å²) in [5.74, 6) is 0.179. The molecule has 1 aliphatic carbocycles. The maximum atomic E-state index is 11.2. The van der Waals surface area contributed by atoms with Gasteiger partial charge in [0.25, 0.3) is 0 Å². The molecule has 5 nitrogen and oxygen atoms in total. The van der Waals surface area contributed by atoms with E-state index in [1.54, 1.807) is 6.33 Å². The highest BCUT2D eigenvalue weighted by molar-refractivity contribution is 5.70. The monoisotopic (exact) mass is 289 g/mol. The van der Waals surface area contributed by atoms with Crippen molar-refractivity contribution in [3.05, 3.63) is 17.6 Å². The average Bonchev–Trinajstić information content (AvgIpc) is 2.72. The van der Waals surface area contributed by atoms with Gasteiger partial charge in [-0.15, -0.1) is 0 Å². The Hall–Kier alpha value is -1.65. The highest BCUT2D eigenvalue weighted by Crippen LogP contribution is 2.32. The molecule has 0 radical (unpaired) electrons. The van der Waals surface area contributed by atoms with Gasteiger partial charge >= 0.3 is 5.97 Å². The van der Waals surface area contributed by atoms with Crippen molar-refractivity contribution in [1.29, 1.82) is 0 Å². The highest BCUT2D eigenvalue weighted by atomic mass is 16.4. The first-order chi connectivity index (χ1) is 10.2. The van der Waals surface area contributed by atoms with Crippen molar-refractivity contribution in [3.8, 4) is 0 Å². The van der Waals surface area contributed by atoms with Crippen LogP contribution in [0.2, 0.25) is 0 Å². The van der Waals surface area contributed by atoms with Crippen molar-refractivity contribution < 1.29 is 9.90 Å². The number of piperidine rings is 1. The topological polar surface area (TPSA) is 66.3 Å². The van der Waals surface area contributed by atoms with Crippen LogP contribution >= 0.6 is 0 Å². The maximum Gasteiger partial charge on any atom is 0.306 e. The molecule has 0 amide bonds. The standard InChI is InChI=1S/C16H23N3O2/c1-11-9-12(16(20)21)7-8-19(11)15-13-5-3-2-4-6-14(13)17-10-18-15/h10-12H,2-9H2,1H3,(H,20,21). The third-order valence-corrected chi connectivity index (χ3v) is 4.85. The fourth-order valence-corrected chi connectivity index (χ4v) is 3.64. The van der Waals surface area contributed by atoms with Crippen LogP contribution in [-0.4, -0.2) is 33.6 Å². The van der Waals surface area contributed by atoms with Gasteiger partial charge in [-0.25, -0.2) is 9.97 Å². The predicted molar refractivity (Wildman–Crippen MR) is 80.5 cm³/mol. The predicted octanol–water partition coefficient (Wildman–Crippen LogP) is 2.44. The Morgan fingerprint density at radius 3 is 2.86 bits per heavy atom. The summed E-state index contributed by atoms with van der Waals surface area (Å²) >= 11 is 0. The Morgan fingerprint density at radius 2 is 2.10 bits per heavy atom. The quantitative estimate of drug-likeness (QED) is 0.847. The van der Waals surface area contributed by atoms with E-state index in [0.29, 0.717) is 12.8 Å². The van der Waals surface area contributed by atoms with Crippen molar-refractivity contribution in [1.82, 2.24) is 9.97 Å². The van der Waals surface area contributed by atoms with Gasteiger partial charge < -0.3 is 10.0 Å². The number of hydrogen-bond acceptors (Lipinski definition) is 4. The van der Waals surface area contributed by atoms with Gasteiger partial charge in [-0.1, -0.05) is 6.42 Å². The second-order valence-electron chi connectivity index (χ2n) is 6.29. The number of nitrogens with zero attached hydrogens (tertiary/aromatic N) is 3. The van der Waals surface area contributed by atoms with Gasteiger partial charge in [-0.05, 0) is 45.4 Å². The zero-order valence-electron chi connectivity index (χ0n) is 12.6. The average molecular weight is 289 g/mol. The van der Waals surface area contributed by atoms with Gasteiger partial charge in [0.15, 0.2) is 0 Å². The van der Waals surface area contributed by atoms with E-state index < -0.39 is 5.97 Å². The molecule has 3 rings (SSSR count). The summed E-state index contributed by atoms with van der Waals surface area (Å²) in [5, 5.41) is 9.20. The molecule has 1 saturated heterocycles. The first-order valence-corrected chi connectivity index (χ1v) is 7.99. The van der Waals surface area contributed by atoms with Gasteiger partial charge in [0.2, 0.25) is 0 Å². The molecule has 1 aliphatic heterocycles. The van der Waals surface area contributed by atoms with Gasteiger partial charge in [0, 0.05) is 23.8 Å². The van der Waals surface area contributed by atoms with Crippen LogP contribution in [-0.2, 0) is 17.6 Å². The minimum absolute atomic E-state index is 0.211. The maximum absolute atomic E-state index is 11.2. The number of carboxylic acids is 1. The summed E-state index contributed by atoms with van der Waals surface area (Å²) in [7, 11) is 0. The molecule has 1 aromatic rings. The number of hydrogen-bond donors (Lipinski definition) is 1. The number of rotatable bonds is 2. The molecule has 5 heteroatoms. The SMILES string of the molecule is CC1CC(C(=O)O)CCN1c1ncnc2c1CCCCC2. The number of carboxylic acid groups (broad SMARTS) is 1. The highest BCUT2D eigenvalue weighted by Gasteiger charge is 2.32. The molecule has 1 N–H and O–H groups in total. The van der Waals surface area contributed by atoms with Crippen LogP contribution in [0.5, 0.6) is 0 Å². The molecular formula is C16H23N3O2.